The second kappa shape index (κ2) is 7.23. The SMILES string of the molecule is COc1cccc(CN2CCCC(CNC(C)(C)C)C2)n1. The first-order chi connectivity index (χ1) is 9.96. The molecule has 118 valence electrons. The molecule has 1 aromatic rings. The van der Waals surface area contributed by atoms with E-state index in [-0.39, 0.29) is 5.54 Å². The van der Waals surface area contributed by atoms with E-state index in [2.05, 4.69) is 42.0 Å². The van der Waals surface area contributed by atoms with Crippen LogP contribution >= 0.6 is 0 Å². The number of rotatable bonds is 5. The number of hydrogen-bond acceptors (Lipinski definition) is 4. The molecule has 1 aromatic heterocycles. The van der Waals surface area contributed by atoms with Crippen LogP contribution in [0.4, 0.5) is 0 Å². The number of pyridine rings is 1. The third-order valence-corrected chi connectivity index (χ3v) is 3.90. The predicted molar refractivity (Wildman–Crippen MR) is 86.5 cm³/mol. The van der Waals surface area contributed by atoms with Crippen molar-refractivity contribution in [2.24, 2.45) is 5.92 Å². The third-order valence-electron chi connectivity index (χ3n) is 3.90. The molecule has 4 heteroatoms. The Labute approximate surface area is 128 Å². The zero-order valence-electron chi connectivity index (χ0n) is 13.9. The molecule has 1 aliphatic heterocycles. The molecule has 0 radical (unpaired) electrons. The van der Waals surface area contributed by atoms with Gasteiger partial charge in [-0.3, -0.25) is 4.90 Å². The number of nitrogens with one attached hydrogen (secondary N) is 1. The van der Waals surface area contributed by atoms with Crippen molar-refractivity contribution >= 4 is 0 Å². The number of piperidine rings is 1. The number of aromatic nitrogens is 1. The third kappa shape index (κ3) is 5.64. The smallest absolute Gasteiger partial charge is 0.213 e. The largest absolute Gasteiger partial charge is 0.481 e. The van der Waals surface area contributed by atoms with Crippen molar-refractivity contribution < 1.29 is 4.74 Å². The normalized spacial score (nSPS) is 20.5. The van der Waals surface area contributed by atoms with Gasteiger partial charge in [-0.25, -0.2) is 4.98 Å². The van der Waals surface area contributed by atoms with E-state index in [1.54, 1.807) is 7.11 Å². The second-order valence-electron chi connectivity index (χ2n) is 7.05. The van der Waals surface area contributed by atoms with Gasteiger partial charge in [0.15, 0.2) is 0 Å². The lowest BCUT2D eigenvalue weighted by molar-refractivity contribution is 0.158. The van der Waals surface area contributed by atoms with Crippen LogP contribution in [0.25, 0.3) is 0 Å². The van der Waals surface area contributed by atoms with Crippen molar-refractivity contribution in [1.82, 2.24) is 15.2 Å². The van der Waals surface area contributed by atoms with Crippen LogP contribution in [-0.4, -0.2) is 42.2 Å². The van der Waals surface area contributed by atoms with Crippen molar-refractivity contribution in [3.63, 3.8) is 0 Å². The van der Waals surface area contributed by atoms with Crippen LogP contribution in [0, 0.1) is 5.92 Å². The number of likely N-dealkylation sites (tertiary alicyclic amines) is 1. The monoisotopic (exact) mass is 291 g/mol. The Hall–Kier alpha value is -1.13. The van der Waals surface area contributed by atoms with Crippen LogP contribution in [0.3, 0.4) is 0 Å². The number of ether oxygens (including phenoxy) is 1. The van der Waals surface area contributed by atoms with E-state index >= 15 is 0 Å². The molecule has 0 aromatic carbocycles. The molecule has 1 N–H and O–H groups in total. The molecule has 0 saturated carbocycles. The highest BCUT2D eigenvalue weighted by Gasteiger charge is 2.21. The fourth-order valence-corrected chi connectivity index (χ4v) is 2.80. The summed E-state index contributed by atoms with van der Waals surface area (Å²) in [6.07, 6.45) is 2.60. The van der Waals surface area contributed by atoms with E-state index < -0.39 is 0 Å². The van der Waals surface area contributed by atoms with Crippen LogP contribution < -0.4 is 10.1 Å². The molecule has 2 rings (SSSR count). The lowest BCUT2D eigenvalue weighted by Crippen LogP contribution is -2.44. The van der Waals surface area contributed by atoms with Gasteiger partial charge >= 0.3 is 0 Å². The standard InChI is InChI=1S/C17H29N3O/c1-17(2,3)18-11-14-7-6-10-20(12-14)13-15-8-5-9-16(19-15)21-4/h5,8-9,14,18H,6-7,10-13H2,1-4H3. The average molecular weight is 291 g/mol. The van der Waals surface area contributed by atoms with Gasteiger partial charge in [-0.2, -0.15) is 0 Å². The van der Waals surface area contributed by atoms with E-state index in [0.717, 1.165) is 31.2 Å². The Morgan fingerprint density at radius 3 is 2.90 bits per heavy atom. The summed E-state index contributed by atoms with van der Waals surface area (Å²) < 4.78 is 5.20. The average Bonchev–Trinajstić information content (AvgIpc) is 2.45. The van der Waals surface area contributed by atoms with Crippen LogP contribution in [0.1, 0.15) is 39.3 Å². The molecule has 21 heavy (non-hydrogen) atoms. The highest BCUT2D eigenvalue weighted by molar-refractivity contribution is 5.15. The molecule has 0 bridgehead atoms. The minimum absolute atomic E-state index is 0.205. The Bertz CT molecular complexity index is 442. The van der Waals surface area contributed by atoms with Gasteiger partial charge in [0.25, 0.3) is 0 Å². The van der Waals surface area contributed by atoms with E-state index in [4.69, 9.17) is 4.74 Å². The first-order valence-electron chi connectivity index (χ1n) is 7.93. The van der Waals surface area contributed by atoms with Gasteiger partial charge in [0.05, 0.1) is 12.8 Å². The van der Waals surface area contributed by atoms with Gasteiger partial charge in [0.1, 0.15) is 0 Å². The second-order valence-corrected chi connectivity index (χ2v) is 7.05. The molecule has 4 nitrogen and oxygen atoms in total. The molecule has 0 aliphatic carbocycles. The maximum Gasteiger partial charge on any atom is 0.213 e. The first kappa shape index (κ1) is 16.2. The summed E-state index contributed by atoms with van der Waals surface area (Å²) in [6, 6.07) is 6.00. The molecular formula is C17H29N3O. The van der Waals surface area contributed by atoms with Gasteiger partial charge < -0.3 is 10.1 Å². The fourth-order valence-electron chi connectivity index (χ4n) is 2.80. The molecule has 0 amide bonds. The highest BCUT2D eigenvalue weighted by atomic mass is 16.5. The van der Waals surface area contributed by atoms with Gasteiger partial charge in [-0.05, 0) is 58.7 Å². The minimum atomic E-state index is 0.205. The van der Waals surface area contributed by atoms with E-state index in [1.165, 1.54) is 19.4 Å². The minimum Gasteiger partial charge on any atom is -0.481 e. The van der Waals surface area contributed by atoms with Crippen molar-refractivity contribution in [2.75, 3.05) is 26.7 Å². The van der Waals surface area contributed by atoms with Gasteiger partial charge in [0, 0.05) is 24.7 Å². The summed E-state index contributed by atoms with van der Waals surface area (Å²) in [6.45, 7) is 11.0. The van der Waals surface area contributed by atoms with Crippen LogP contribution in [0.5, 0.6) is 5.88 Å². The number of nitrogens with zero attached hydrogens (tertiary/aromatic N) is 2. The summed E-state index contributed by atoms with van der Waals surface area (Å²) in [5, 5.41) is 3.63. The van der Waals surface area contributed by atoms with Crippen LogP contribution in [0.15, 0.2) is 18.2 Å². The molecule has 1 saturated heterocycles. The zero-order chi connectivity index (χ0) is 15.3. The Balaban J connectivity index is 1.86. The van der Waals surface area contributed by atoms with Crippen molar-refractivity contribution in [2.45, 2.75) is 45.7 Å². The summed E-state index contributed by atoms with van der Waals surface area (Å²) in [5.41, 5.74) is 1.30. The Morgan fingerprint density at radius 1 is 1.38 bits per heavy atom. The predicted octanol–water partition coefficient (Wildman–Crippen LogP) is 2.69. The van der Waals surface area contributed by atoms with Gasteiger partial charge in [-0.1, -0.05) is 6.07 Å². The van der Waals surface area contributed by atoms with Gasteiger partial charge in [0.2, 0.25) is 5.88 Å². The molecule has 2 heterocycles. The summed E-state index contributed by atoms with van der Waals surface area (Å²) >= 11 is 0. The van der Waals surface area contributed by atoms with E-state index in [9.17, 15) is 0 Å². The maximum atomic E-state index is 5.20. The molecule has 1 unspecified atom stereocenters. The van der Waals surface area contributed by atoms with Crippen LogP contribution in [-0.2, 0) is 6.54 Å². The topological polar surface area (TPSA) is 37.4 Å². The lowest BCUT2D eigenvalue weighted by atomic mass is 9.96. The molecule has 0 spiro atoms. The zero-order valence-corrected chi connectivity index (χ0v) is 13.9. The quantitative estimate of drug-likeness (QED) is 0.905. The lowest BCUT2D eigenvalue weighted by Gasteiger charge is -2.34. The van der Waals surface area contributed by atoms with Gasteiger partial charge in [-0.15, -0.1) is 0 Å². The molecule has 1 aliphatic rings. The first-order valence-corrected chi connectivity index (χ1v) is 7.93. The highest BCUT2D eigenvalue weighted by Crippen LogP contribution is 2.19. The number of hydrogen-bond donors (Lipinski definition) is 1. The maximum absolute atomic E-state index is 5.20. The number of methoxy groups -OCH3 is 1. The summed E-state index contributed by atoms with van der Waals surface area (Å²) in [4.78, 5) is 7.03. The Kier molecular flexibility index (Phi) is 5.59. The fraction of sp³-hybridized carbons (Fsp3) is 0.706. The molecule has 1 atom stereocenters. The van der Waals surface area contributed by atoms with E-state index in [0.29, 0.717) is 5.88 Å². The van der Waals surface area contributed by atoms with Crippen molar-refractivity contribution in [1.29, 1.82) is 0 Å². The van der Waals surface area contributed by atoms with Crippen LogP contribution in [0.2, 0.25) is 0 Å². The van der Waals surface area contributed by atoms with Crippen molar-refractivity contribution in [3.8, 4) is 5.88 Å². The molecule has 1 fully saturated rings. The molecular weight excluding hydrogens is 262 g/mol. The summed E-state index contributed by atoms with van der Waals surface area (Å²) in [5.74, 6) is 1.44. The van der Waals surface area contributed by atoms with Crippen molar-refractivity contribution in [3.05, 3.63) is 23.9 Å². The van der Waals surface area contributed by atoms with E-state index in [1.807, 2.05) is 12.1 Å². The summed E-state index contributed by atoms with van der Waals surface area (Å²) in [7, 11) is 1.67. The Morgan fingerprint density at radius 2 is 2.19 bits per heavy atom.